The van der Waals surface area contributed by atoms with Gasteiger partial charge in [-0.3, -0.25) is 4.57 Å². The quantitative estimate of drug-likeness (QED) is 0.861. The molecule has 0 aliphatic carbocycles. The Bertz CT molecular complexity index is 482. The first-order chi connectivity index (χ1) is 8.00. The summed E-state index contributed by atoms with van der Waals surface area (Å²) < 4.78 is 1.94. The molecule has 4 heteroatoms. The molecule has 1 heterocycles. The number of aromatic nitrogens is 3. The van der Waals surface area contributed by atoms with Gasteiger partial charge in [0.05, 0.1) is 6.04 Å². The molecule has 1 atom stereocenters. The highest BCUT2D eigenvalue weighted by atomic mass is 15.3. The minimum absolute atomic E-state index is 0.0421. The fourth-order valence-electron chi connectivity index (χ4n) is 1.63. The second kappa shape index (κ2) is 4.30. The number of para-hydroxylation sites is 1. The zero-order chi connectivity index (χ0) is 12.5. The molecule has 2 N–H and O–H groups in total. The van der Waals surface area contributed by atoms with Crippen LogP contribution in [0.15, 0.2) is 36.7 Å². The molecule has 0 radical (unpaired) electrons. The van der Waals surface area contributed by atoms with Crippen LogP contribution in [-0.2, 0) is 0 Å². The topological polar surface area (TPSA) is 56.7 Å². The minimum atomic E-state index is -0.148. The molecule has 4 nitrogen and oxygen atoms in total. The number of rotatable bonds is 2. The minimum Gasteiger partial charge on any atom is -0.321 e. The molecule has 0 unspecified atom stereocenters. The van der Waals surface area contributed by atoms with E-state index in [0.717, 1.165) is 11.5 Å². The summed E-state index contributed by atoms with van der Waals surface area (Å²) in [7, 11) is 0. The molecule has 1 aromatic carbocycles. The van der Waals surface area contributed by atoms with Crippen LogP contribution in [0.2, 0.25) is 0 Å². The Hall–Kier alpha value is -1.68. The normalized spacial score (nSPS) is 13.6. The molecule has 2 rings (SSSR count). The molecule has 0 bridgehead atoms. The summed E-state index contributed by atoms with van der Waals surface area (Å²) in [5.74, 6) is 0.795. The first kappa shape index (κ1) is 11.8. The predicted molar refractivity (Wildman–Crippen MR) is 67.7 cm³/mol. The summed E-state index contributed by atoms with van der Waals surface area (Å²) >= 11 is 0. The smallest absolute Gasteiger partial charge is 0.154 e. The van der Waals surface area contributed by atoms with Gasteiger partial charge in [0.1, 0.15) is 6.33 Å². The lowest BCUT2D eigenvalue weighted by molar-refractivity contribution is 0.312. The van der Waals surface area contributed by atoms with E-state index in [1.54, 1.807) is 6.33 Å². The molecule has 0 fully saturated rings. The Morgan fingerprint density at radius 1 is 1.18 bits per heavy atom. The Morgan fingerprint density at radius 3 is 2.41 bits per heavy atom. The Balaban J connectivity index is 2.43. The lowest BCUT2D eigenvalue weighted by atomic mass is 9.87. The monoisotopic (exact) mass is 230 g/mol. The van der Waals surface area contributed by atoms with Gasteiger partial charge in [0.25, 0.3) is 0 Å². The fourth-order valence-corrected chi connectivity index (χ4v) is 1.63. The molecule has 1 aromatic heterocycles. The molecule has 0 saturated heterocycles. The van der Waals surface area contributed by atoms with Crippen molar-refractivity contribution < 1.29 is 0 Å². The van der Waals surface area contributed by atoms with Crippen molar-refractivity contribution in [3.8, 4) is 5.69 Å². The van der Waals surface area contributed by atoms with Crippen LogP contribution in [0.1, 0.15) is 32.6 Å². The zero-order valence-electron chi connectivity index (χ0n) is 10.5. The summed E-state index contributed by atoms with van der Waals surface area (Å²) in [6.07, 6.45) is 1.70. The summed E-state index contributed by atoms with van der Waals surface area (Å²) in [4.78, 5) is 0. The van der Waals surface area contributed by atoms with Crippen molar-refractivity contribution in [3.63, 3.8) is 0 Å². The van der Waals surface area contributed by atoms with Crippen molar-refractivity contribution in [2.24, 2.45) is 11.1 Å². The van der Waals surface area contributed by atoms with E-state index in [9.17, 15) is 0 Å². The molecule has 90 valence electrons. The van der Waals surface area contributed by atoms with Gasteiger partial charge in [-0.25, -0.2) is 0 Å². The SMILES string of the molecule is CC(C)(C)[C@@H](N)c1nncn1-c1ccccc1. The van der Waals surface area contributed by atoms with Gasteiger partial charge >= 0.3 is 0 Å². The Labute approximate surface area is 101 Å². The van der Waals surface area contributed by atoms with E-state index >= 15 is 0 Å². The maximum absolute atomic E-state index is 6.23. The molecule has 0 amide bonds. The van der Waals surface area contributed by atoms with Crippen molar-refractivity contribution >= 4 is 0 Å². The van der Waals surface area contributed by atoms with E-state index in [0.29, 0.717) is 0 Å². The van der Waals surface area contributed by atoms with Gasteiger partial charge in [-0.05, 0) is 17.5 Å². The van der Waals surface area contributed by atoms with Crippen LogP contribution in [-0.4, -0.2) is 14.8 Å². The highest BCUT2D eigenvalue weighted by Gasteiger charge is 2.26. The molecule has 0 aliphatic heterocycles. The van der Waals surface area contributed by atoms with E-state index in [4.69, 9.17) is 5.73 Å². The maximum atomic E-state index is 6.23. The first-order valence-corrected chi connectivity index (χ1v) is 5.71. The van der Waals surface area contributed by atoms with Crippen molar-refractivity contribution in [1.82, 2.24) is 14.8 Å². The van der Waals surface area contributed by atoms with E-state index in [1.807, 2.05) is 34.9 Å². The van der Waals surface area contributed by atoms with E-state index in [1.165, 1.54) is 0 Å². The number of nitrogens with two attached hydrogens (primary N) is 1. The highest BCUT2D eigenvalue weighted by Crippen LogP contribution is 2.29. The second-order valence-corrected chi connectivity index (χ2v) is 5.24. The fraction of sp³-hybridized carbons (Fsp3) is 0.385. The van der Waals surface area contributed by atoms with Gasteiger partial charge in [-0.2, -0.15) is 0 Å². The van der Waals surface area contributed by atoms with Gasteiger partial charge in [0.15, 0.2) is 5.82 Å². The second-order valence-electron chi connectivity index (χ2n) is 5.24. The van der Waals surface area contributed by atoms with Gasteiger partial charge in [-0.15, -0.1) is 10.2 Å². The molecule has 0 saturated carbocycles. The summed E-state index contributed by atoms with van der Waals surface area (Å²) in [6, 6.07) is 9.84. The highest BCUT2D eigenvalue weighted by molar-refractivity contribution is 5.32. The maximum Gasteiger partial charge on any atom is 0.154 e. The third-order valence-corrected chi connectivity index (χ3v) is 2.82. The van der Waals surface area contributed by atoms with Crippen LogP contribution in [0, 0.1) is 5.41 Å². The van der Waals surface area contributed by atoms with Crippen molar-refractivity contribution in [2.45, 2.75) is 26.8 Å². The molecule has 0 spiro atoms. The van der Waals surface area contributed by atoms with Gasteiger partial charge in [0, 0.05) is 5.69 Å². The Morgan fingerprint density at radius 2 is 1.82 bits per heavy atom. The van der Waals surface area contributed by atoms with Crippen molar-refractivity contribution in [3.05, 3.63) is 42.5 Å². The van der Waals surface area contributed by atoms with Crippen molar-refractivity contribution in [1.29, 1.82) is 0 Å². The summed E-state index contributed by atoms with van der Waals surface area (Å²) in [5, 5.41) is 8.11. The van der Waals surface area contributed by atoms with Crippen LogP contribution in [0.5, 0.6) is 0 Å². The van der Waals surface area contributed by atoms with Gasteiger partial charge in [0.2, 0.25) is 0 Å². The molecule has 0 aliphatic rings. The van der Waals surface area contributed by atoms with Gasteiger partial charge in [-0.1, -0.05) is 39.0 Å². The molecular weight excluding hydrogens is 212 g/mol. The first-order valence-electron chi connectivity index (χ1n) is 5.71. The average molecular weight is 230 g/mol. The lowest BCUT2D eigenvalue weighted by Crippen LogP contribution is -2.29. The number of hydrogen-bond donors (Lipinski definition) is 1. The zero-order valence-corrected chi connectivity index (χ0v) is 10.5. The van der Waals surface area contributed by atoms with Crippen LogP contribution in [0.4, 0.5) is 0 Å². The summed E-state index contributed by atoms with van der Waals surface area (Å²) in [5.41, 5.74) is 7.22. The van der Waals surface area contributed by atoms with E-state index in [2.05, 4.69) is 31.0 Å². The van der Waals surface area contributed by atoms with Crippen molar-refractivity contribution in [2.75, 3.05) is 0 Å². The average Bonchev–Trinajstić information content (AvgIpc) is 2.76. The third kappa shape index (κ3) is 2.36. The lowest BCUT2D eigenvalue weighted by Gasteiger charge is -2.26. The predicted octanol–water partition coefficient (Wildman–Crippen LogP) is 2.31. The molecular formula is C13H18N4. The van der Waals surface area contributed by atoms with Crippen LogP contribution in [0.3, 0.4) is 0 Å². The van der Waals surface area contributed by atoms with Gasteiger partial charge < -0.3 is 5.73 Å². The number of benzene rings is 1. The largest absolute Gasteiger partial charge is 0.321 e. The molecule has 17 heavy (non-hydrogen) atoms. The summed E-state index contributed by atoms with van der Waals surface area (Å²) in [6.45, 7) is 6.30. The van der Waals surface area contributed by atoms with Crippen LogP contribution < -0.4 is 5.73 Å². The standard InChI is InChI=1S/C13H18N4/c1-13(2,3)11(14)12-16-15-9-17(12)10-7-5-4-6-8-10/h4-9,11H,14H2,1-3H3/t11-/m0/s1. The molecule has 2 aromatic rings. The third-order valence-electron chi connectivity index (χ3n) is 2.82. The number of nitrogens with zero attached hydrogens (tertiary/aromatic N) is 3. The van der Waals surface area contributed by atoms with Crippen LogP contribution >= 0.6 is 0 Å². The Kier molecular flexibility index (Phi) is 2.98. The number of hydrogen-bond acceptors (Lipinski definition) is 3. The van der Waals surface area contributed by atoms with Crippen LogP contribution in [0.25, 0.3) is 5.69 Å². The van der Waals surface area contributed by atoms with E-state index < -0.39 is 0 Å². The van der Waals surface area contributed by atoms with E-state index in [-0.39, 0.29) is 11.5 Å².